The van der Waals surface area contributed by atoms with Crippen molar-refractivity contribution in [2.45, 2.75) is 20.8 Å². The number of carbonyl (C=O) groups excluding carboxylic acids is 1. The summed E-state index contributed by atoms with van der Waals surface area (Å²) < 4.78 is 5.15. The molecule has 0 atom stereocenters. The maximum absolute atomic E-state index is 11.9. The first-order valence-corrected chi connectivity index (χ1v) is 6.15. The van der Waals surface area contributed by atoms with Crippen molar-refractivity contribution in [2.24, 2.45) is 5.41 Å². The van der Waals surface area contributed by atoms with Crippen molar-refractivity contribution in [1.82, 2.24) is 4.98 Å². The molecule has 0 fully saturated rings. The van der Waals surface area contributed by atoms with Gasteiger partial charge in [-0.2, -0.15) is 0 Å². The lowest BCUT2D eigenvalue weighted by molar-refractivity contribution is -0.123. The highest BCUT2D eigenvalue weighted by Gasteiger charge is 2.21. The van der Waals surface area contributed by atoms with Gasteiger partial charge in [-0.25, -0.2) is 0 Å². The van der Waals surface area contributed by atoms with Crippen LogP contribution in [0.1, 0.15) is 20.8 Å². The number of anilines is 1. The van der Waals surface area contributed by atoms with Crippen LogP contribution in [0.25, 0.3) is 10.9 Å². The monoisotopic (exact) mass is 258 g/mol. The molecule has 0 bridgehead atoms. The summed E-state index contributed by atoms with van der Waals surface area (Å²) in [7, 11) is 1.62. The first-order chi connectivity index (χ1) is 8.90. The molecule has 0 aliphatic rings. The zero-order chi connectivity index (χ0) is 14.0. The summed E-state index contributed by atoms with van der Waals surface area (Å²) in [5.41, 5.74) is 1.13. The molecular formula is C15H18N2O2. The van der Waals surface area contributed by atoms with Crippen LogP contribution in [-0.2, 0) is 4.79 Å². The van der Waals surface area contributed by atoms with Gasteiger partial charge >= 0.3 is 0 Å². The maximum Gasteiger partial charge on any atom is 0.229 e. The predicted molar refractivity (Wildman–Crippen MR) is 76.4 cm³/mol. The number of ether oxygens (including phenoxy) is 1. The number of hydrogen-bond donors (Lipinski definition) is 1. The van der Waals surface area contributed by atoms with Crippen LogP contribution in [0.2, 0.25) is 0 Å². The molecule has 4 nitrogen and oxygen atoms in total. The van der Waals surface area contributed by atoms with E-state index < -0.39 is 5.41 Å². The molecule has 1 heterocycles. The highest BCUT2D eigenvalue weighted by atomic mass is 16.5. The number of rotatable bonds is 2. The van der Waals surface area contributed by atoms with E-state index >= 15 is 0 Å². The van der Waals surface area contributed by atoms with Crippen molar-refractivity contribution in [2.75, 3.05) is 12.4 Å². The Hall–Kier alpha value is -2.10. The lowest BCUT2D eigenvalue weighted by Gasteiger charge is -2.17. The Labute approximate surface area is 112 Å². The molecule has 0 spiro atoms. The number of benzene rings is 1. The number of amides is 1. The Morgan fingerprint density at radius 1 is 1.26 bits per heavy atom. The standard InChI is InChI=1S/C15H18N2O2/c1-15(2,3)14(18)17-11-7-10-5-6-12(19-4)8-13(10)16-9-11/h5-9H,1-4H3,(H,17,18). The third kappa shape index (κ3) is 3.02. The normalized spacial score (nSPS) is 11.4. The largest absolute Gasteiger partial charge is 0.497 e. The third-order valence-electron chi connectivity index (χ3n) is 2.83. The van der Waals surface area contributed by atoms with E-state index in [1.165, 1.54) is 0 Å². The molecule has 2 aromatic rings. The molecule has 1 amide bonds. The molecule has 0 aliphatic heterocycles. The second-order valence-electron chi connectivity index (χ2n) is 5.49. The van der Waals surface area contributed by atoms with Gasteiger partial charge in [-0.05, 0) is 18.2 Å². The molecule has 100 valence electrons. The van der Waals surface area contributed by atoms with Crippen molar-refractivity contribution in [3.63, 3.8) is 0 Å². The lowest BCUT2D eigenvalue weighted by Crippen LogP contribution is -2.27. The Bertz CT molecular complexity index is 615. The first-order valence-electron chi connectivity index (χ1n) is 6.15. The molecule has 0 saturated carbocycles. The fraction of sp³-hybridized carbons (Fsp3) is 0.333. The van der Waals surface area contributed by atoms with Gasteiger partial charge in [0.1, 0.15) is 5.75 Å². The minimum absolute atomic E-state index is 0.0258. The van der Waals surface area contributed by atoms with E-state index in [1.807, 2.05) is 45.0 Å². The van der Waals surface area contributed by atoms with Crippen LogP contribution in [-0.4, -0.2) is 18.0 Å². The highest BCUT2D eigenvalue weighted by molar-refractivity contribution is 5.96. The molecule has 2 rings (SSSR count). The van der Waals surface area contributed by atoms with Crippen LogP contribution in [0.3, 0.4) is 0 Å². The summed E-state index contributed by atoms with van der Waals surface area (Å²) >= 11 is 0. The number of carbonyl (C=O) groups is 1. The van der Waals surface area contributed by atoms with Crippen LogP contribution in [0.5, 0.6) is 5.75 Å². The molecule has 1 aromatic heterocycles. The minimum Gasteiger partial charge on any atom is -0.497 e. The molecule has 0 aliphatic carbocycles. The van der Waals surface area contributed by atoms with Gasteiger partial charge in [0.2, 0.25) is 5.91 Å². The number of hydrogen-bond acceptors (Lipinski definition) is 3. The minimum atomic E-state index is -0.422. The Morgan fingerprint density at radius 2 is 2.00 bits per heavy atom. The van der Waals surface area contributed by atoms with Crippen LogP contribution in [0.4, 0.5) is 5.69 Å². The maximum atomic E-state index is 11.9. The van der Waals surface area contributed by atoms with Gasteiger partial charge in [0.05, 0.1) is 24.5 Å². The molecule has 0 saturated heterocycles. The third-order valence-corrected chi connectivity index (χ3v) is 2.83. The van der Waals surface area contributed by atoms with Gasteiger partial charge in [-0.3, -0.25) is 9.78 Å². The Balaban J connectivity index is 2.30. The number of fused-ring (bicyclic) bond motifs is 1. The van der Waals surface area contributed by atoms with Gasteiger partial charge in [0, 0.05) is 16.9 Å². The summed E-state index contributed by atoms with van der Waals surface area (Å²) in [6.07, 6.45) is 1.66. The van der Waals surface area contributed by atoms with Gasteiger partial charge in [-0.1, -0.05) is 20.8 Å². The highest BCUT2D eigenvalue weighted by Crippen LogP contribution is 2.23. The molecule has 1 aromatic carbocycles. The van der Waals surface area contributed by atoms with Gasteiger partial charge < -0.3 is 10.1 Å². The van der Waals surface area contributed by atoms with Crippen LogP contribution in [0.15, 0.2) is 30.5 Å². The number of aromatic nitrogens is 1. The Kier molecular flexibility index (Phi) is 3.42. The van der Waals surface area contributed by atoms with E-state index in [0.717, 1.165) is 16.7 Å². The number of pyridine rings is 1. The number of nitrogens with zero attached hydrogens (tertiary/aromatic N) is 1. The van der Waals surface area contributed by atoms with Crippen molar-refractivity contribution < 1.29 is 9.53 Å². The van der Waals surface area contributed by atoms with Crippen molar-refractivity contribution in [3.8, 4) is 5.75 Å². The second-order valence-corrected chi connectivity index (χ2v) is 5.49. The van der Waals surface area contributed by atoms with E-state index in [9.17, 15) is 4.79 Å². The molecule has 0 unspecified atom stereocenters. The van der Waals surface area contributed by atoms with Crippen molar-refractivity contribution in [1.29, 1.82) is 0 Å². The van der Waals surface area contributed by atoms with Crippen molar-refractivity contribution in [3.05, 3.63) is 30.5 Å². The van der Waals surface area contributed by atoms with E-state index in [-0.39, 0.29) is 5.91 Å². The SMILES string of the molecule is COc1ccc2cc(NC(=O)C(C)(C)C)cnc2c1. The van der Waals surface area contributed by atoms with Gasteiger partial charge in [0.15, 0.2) is 0 Å². The van der Waals surface area contributed by atoms with E-state index in [0.29, 0.717) is 5.69 Å². The average Bonchev–Trinajstić information content (AvgIpc) is 2.37. The first kappa shape index (κ1) is 13.3. The molecule has 1 N–H and O–H groups in total. The second kappa shape index (κ2) is 4.88. The topological polar surface area (TPSA) is 51.2 Å². The summed E-state index contributed by atoms with van der Waals surface area (Å²) in [5, 5.41) is 3.84. The lowest BCUT2D eigenvalue weighted by atomic mass is 9.95. The molecule has 4 heteroatoms. The molecular weight excluding hydrogens is 240 g/mol. The molecule has 0 radical (unpaired) electrons. The number of methoxy groups -OCH3 is 1. The van der Waals surface area contributed by atoms with Crippen LogP contribution >= 0.6 is 0 Å². The zero-order valence-corrected chi connectivity index (χ0v) is 11.7. The summed E-state index contributed by atoms with van der Waals surface area (Å²) in [4.78, 5) is 16.2. The smallest absolute Gasteiger partial charge is 0.229 e. The molecule has 19 heavy (non-hydrogen) atoms. The summed E-state index contributed by atoms with van der Waals surface area (Å²) in [5.74, 6) is 0.744. The van der Waals surface area contributed by atoms with Gasteiger partial charge in [-0.15, -0.1) is 0 Å². The zero-order valence-electron chi connectivity index (χ0n) is 11.7. The predicted octanol–water partition coefficient (Wildman–Crippen LogP) is 3.23. The number of nitrogens with one attached hydrogen (secondary N) is 1. The van der Waals surface area contributed by atoms with E-state index in [1.54, 1.807) is 13.3 Å². The summed E-state index contributed by atoms with van der Waals surface area (Å²) in [6.45, 7) is 5.63. The van der Waals surface area contributed by atoms with Crippen LogP contribution < -0.4 is 10.1 Å². The quantitative estimate of drug-likeness (QED) is 0.899. The average molecular weight is 258 g/mol. The van der Waals surface area contributed by atoms with E-state index in [4.69, 9.17) is 4.74 Å². The van der Waals surface area contributed by atoms with Crippen molar-refractivity contribution >= 4 is 22.5 Å². The van der Waals surface area contributed by atoms with Crippen LogP contribution in [0, 0.1) is 5.41 Å². The summed E-state index contributed by atoms with van der Waals surface area (Å²) in [6, 6.07) is 7.57. The fourth-order valence-corrected chi connectivity index (χ4v) is 1.62. The fourth-order valence-electron chi connectivity index (χ4n) is 1.62. The van der Waals surface area contributed by atoms with Gasteiger partial charge in [0.25, 0.3) is 0 Å². The van der Waals surface area contributed by atoms with E-state index in [2.05, 4.69) is 10.3 Å². The Morgan fingerprint density at radius 3 is 2.63 bits per heavy atom.